The van der Waals surface area contributed by atoms with Crippen molar-refractivity contribution in [2.75, 3.05) is 7.11 Å². The van der Waals surface area contributed by atoms with Gasteiger partial charge < -0.3 is 4.74 Å². The van der Waals surface area contributed by atoms with Gasteiger partial charge in [-0.15, -0.1) is 0 Å². The van der Waals surface area contributed by atoms with Crippen molar-refractivity contribution in [3.63, 3.8) is 0 Å². The van der Waals surface area contributed by atoms with Crippen molar-refractivity contribution in [1.29, 1.82) is 0 Å². The van der Waals surface area contributed by atoms with Crippen molar-refractivity contribution in [1.82, 2.24) is 0 Å². The van der Waals surface area contributed by atoms with E-state index in [0.717, 1.165) is 15.1 Å². The Morgan fingerprint density at radius 2 is 2.00 bits per heavy atom. The number of hydrogen-bond acceptors (Lipinski definition) is 1. The molecule has 0 amide bonds. The summed E-state index contributed by atoms with van der Waals surface area (Å²) >= 11 is 9.44. The van der Waals surface area contributed by atoms with E-state index in [-0.39, 0.29) is 5.60 Å². The van der Waals surface area contributed by atoms with Gasteiger partial charge in [0.1, 0.15) is 0 Å². The fourth-order valence-electron chi connectivity index (χ4n) is 1.09. The second-order valence-corrected chi connectivity index (χ2v) is 4.66. The quantitative estimate of drug-likeness (QED) is 0.784. The molecule has 0 aromatic heterocycles. The summed E-state index contributed by atoms with van der Waals surface area (Å²) < 4.78 is 6.32. The summed E-state index contributed by atoms with van der Waals surface area (Å²) in [5.41, 5.74) is 0.664. The second kappa shape index (κ2) is 3.99. The van der Waals surface area contributed by atoms with Gasteiger partial charge in [0.2, 0.25) is 0 Å². The smallest absolute Gasteiger partial charge is 0.0885 e. The van der Waals surface area contributed by atoms with Gasteiger partial charge in [-0.25, -0.2) is 0 Å². The Balaban J connectivity index is 3.16. The van der Waals surface area contributed by atoms with Gasteiger partial charge in [0.15, 0.2) is 0 Å². The number of benzene rings is 1. The molecule has 0 unspecified atom stereocenters. The van der Waals surface area contributed by atoms with Crippen LogP contribution in [0, 0.1) is 0 Å². The molecule has 1 rings (SSSR count). The molecular weight excluding hydrogens is 251 g/mol. The molecule has 0 N–H and O–H groups in total. The first-order valence-corrected chi connectivity index (χ1v) is 5.15. The number of hydrogen-bond donors (Lipinski definition) is 0. The topological polar surface area (TPSA) is 9.23 Å². The molecule has 0 bridgehead atoms. The van der Waals surface area contributed by atoms with Crippen LogP contribution in [0.2, 0.25) is 5.02 Å². The lowest BCUT2D eigenvalue weighted by atomic mass is 9.98. The molecule has 0 aliphatic carbocycles. The molecule has 0 aliphatic heterocycles. The molecule has 72 valence electrons. The van der Waals surface area contributed by atoms with Crippen molar-refractivity contribution in [2.45, 2.75) is 19.4 Å². The summed E-state index contributed by atoms with van der Waals surface area (Å²) in [7, 11) is 1.68. The number of ether oxygens (including phenoxy) is 1. The van der Waals surface area contributed by atoms with Gasteiger partial charge in [0, 0.05) is 22.2 Å². The molecule has 13 heavy (non-hydrogen) atoms. The molecule has 1 aromatic carbocycles. The van der Waals surface area contributed by atoms with Crippen molar-refractivity contribution in [3.8, 4) is 0 Å². The van der Waals surface area contributed by atoms with Crippen LogP contribution in [-0.2, 0) is 10.3 Å². The van der Waals surface area contributed by atoms with Gasteiger partial charge >= 0.3 is 0 Å². The van der Waals surface area contributed by atoms with Crippen LogP contribution < -0.4 is 0 Å². The van der Waals surface area contributed by atoms with Crippen molar-refractivity contribution in [3.05, 3.63) is 33.3 Å². The Kier molecular flexibility index (Phi) is 3.38. The fourth-order valence-corrected chi connectivity index (χ4v) is 1.99. The molecule has 0 radical (unpaired) electrons. The first-order chi connectivity index (χ1) is 5.97. The molecule has 0 aliphatic rings. The summed E-state index contributed by atoms with van der Waals surface area (Å²) in [6.07, 6.45) is 0. The molecule has 3 heteroatoms. The van der Waals surface area contributed by atoms with Crippen LogP contribution in [0.1, 0.15) is 19.4 Å². The van der Waals surface area contributed by atoms with E-state index in [4.69, 9.17) is 16.3 Å². The maximum Gasteiger partial charge on any atom is 0.0885 e. The van der Waals surface area contributed by atoms with E-state index in [2.05, 4.69) is 15.9 Å². The van der Waals surface area contributed by atoms with Crippen LogP contribution in [-0.4, -0.2) is 7.11 Å². The average molecular weight is 264 g/mol. The third kappa shape index (κ3) is 2.46. The number of halogens is 2. The zero-order chi connectivity index (χ0) is 10.1. The SMILES string of the molecule is COC(C)(C)c1ccc(Br)cc1Cl. The largest absolute Gasteiger partial charge is 0.374 e. The van der Waals surface area contributed by atoms with Crippen LogP contribution in [0.5, 0.6) is 0 Å². The van der Waals surface area contributed by atoms with Crippen molar-refractivity contribution < 1.29 is 4.74 Å². The van der Waals surface area contributed by atoms with Gasteiger partial charge in [0.25, 0.3) is 0 Å². The lowest BCUT2D eigenvalue weighted by Crippen LogP contribution is -2.19. The van der Waals surface area contributed by atoms with Crippen LogP contribution in [0.4, 0.5) is 0 Å². The molecule has 0 saturated heterocycles. The maximum absolute atomic E-state index is 6.08. The van der Waals surface area contributed by atoms with Crippen LogP contribution in [0.15, 0.2) is 22.7 Å². The van der Waals surface area contributed by atoms with E-state index in [0.29, 0.717) is 0 Å². The highest BCUT2D eigenvalue weighted by Crippen LogP contribution is 2.32. The fraction of sp³-hybridized carbons (Fsp3) is 0.400. The zero-order valence-corrected chi connectivity index (χ0v) is 10.2. The average Bonchev–Trinajstić information content (AvgIpc) is 2.03. The summed E-state index contributed by atoms with van der Waals surface area (Å²) in [4.78, 5) is 0. The monoisotopic (exact) mass is 262 g/mol. The molecule has 0 saturated carbocycles. The lowest BCUT2D eigenvalue weighted by molar-refractivity contribution is 0.0193. The third-order valence-electron chi connectivity index (χ3n) is 2.09. The first-order valence-electron chi connectivity index (χ1n) is 3.98. The van der Waals surface area contributed by atoms with E-state index in [1.807, 2.05) is 32.0 Å². The predicted molar refractivity (Wildman–Crippen MR) is 59.2 cm³/mol. The van der Waals surface area contributed by atoms with Crippen LogP contribution >= 0.6 is 27.5 Å². The normalized spacial score (nSPS) is 11.8. The Morgan fingerprint density at radius 3 is 2.46 bits per heavy atom. The van der Waals surface area contributed by atoms with Crippen LogP contribution in [0.3, 0.4) is 0 Å². The van der Waals surface area contributed by atoms with Gasteiger partial charge in [-0.1, -0.05) is 33.6 Å². The van der Waals surface area contributed by atoms with Crippen molar-refractivity contribution in [2.24, 2.45) is 0 Å². The summed E-state index contributed by atoms with van der Waals surface area (Å²) in [5, 5.41) is 0.723. The maximum atomic E-state index is 6.08. The minimum atomic E-state index is -0.336. The van der Waals surface area contributed by atoms with Crippen LogP contribution in [0.25, 0.3) is 0 Å². The van der Waals surface area contributed by atoms with Gasteiger partial charge in [-0.05, 0) is 26.0 Å². The van der Waals surface area contributed by atoms with E-state index in [9.17, 15) is 0 Å². The second-order valence-electron chi connectivity index (χ2n) is 3.34. The molecule has 0 spiro atoms. The third-order valence-corrected chi connectivity index (χ3v) is 2.90. The molecule has 1 aromatic rings. The summed E-state index contributed by atoms with van der Waals surface area (Å²) in [6, 6.07) is 5.80. The zero-order valence-electron chi connectivity index (χ0n) is 7.90. The molecule has 0 fully saturated rings. The predicted octanol–water partition coefficient (Wildman–Crippen LogP) is 3.98. The highest BCUT2D eigenvalue weighted by atomic mass is 79.9. The molecule has 1 nitrogen and oxygen atoms in total. The molecule has 0 atom stereocenters. The van der Waals surface area contributed by atoms with Crippen molar-refractivity contribution >= 4 is 27.5 Å². The van der Waals surface area contributed by atoms with Gasteiger partial charge in [-0.2, -0.15) is 0 Å². The Bertz CT molecular complexity index is 310. The Hall–Kier alpha value is -0.0500. The first kappa shape index (κ1) is 11.0. The molecule has 0 heterocycles. The van der Waals surface area contributed by atoms with E-state index in [1.165, 1.54) is 0 Å². The minimum absolute atomic E-state index is 0.336. The summed E-state index contributed by atoms with van der Waals surface area (Å²) in [6.45, 7) is 3.98. The standard InChI is InChI=1S/C10H12BrClO/c1-10(2,13-3)8-5-4-7(11)6-9(8)12/h4-6H,1-3H3. The summed E-state index contributed by atoms with van der Waals surface area (Å²) in [5.74, 6) is 0. The van der Waals surface area contributed by atoms with E-state index < -0.39 is 0 Å². The highest BCUT2D eigenvalue weighted by molar-refractivity contribution is 9.10. The van der Waals surface area contributed by atoms with Gasteiger partial charge in [-0.3, -0.25) is 0 Å². The molecular formula is C10H12BrClO. The number of rotatable bonds is 2. The lowest BCUT2D eigenvalue weighted by Gasteiger charge is -2.24. The van der Waals surface area contributed by atoms with E-state index in [1.54, 1.807) is 7.11 Å². The van der Waals surface area contributed by atoms with E-state index >= 15 is 0 Å². The highest BCUT2D eigenvalue weighted by Gasteiger charge is 2.22. The minimum Gasteiger partial charge on any atom is -0.374 e. The number of methoxy groups -OCH3 is 1. The van der Waals surface area contributed by atoms with Gasteiger partial charge in [0.05, 0.1) is 5.60 Å². The Labute approximate surface area is 92.2 Å². The Morgan fingerprint density at radius 1 is 1.38 bits per heavy atom.